The van der Waals surface area contributed by atoms with Crippen molar-refractivity contribution < 1.29 is 39.6 Å². The number of carboxylic acids is 4. The van der Waals surface area contributed by atoms with E-state index in [2.05, 4.69) is 0 Å². The first-order valence-corrected chi connectivity index (χ1v) is 6.83. The molecule has 0 aromatic rings. The minimum Gasteiger partial charge on any atom is -0.481 e. The van der Waals surface area contributed by atoms with Crippen molar-refractivity contribution in [1.29, 1.82) is 0 Å². The van der Waals surface area contributed by atoms with Crippen molar-refractivity contribution in [3.8, 4) is 0 Å². The van der Waals surface area contributed by atoms with Crippen LogP contribution in [0.25, 0.3) is 0 Å². The predicted molar refractivity (Wildman–Crippen MR) is 76.6 cm³/mol. The maximum absolute atomic E-state index is 10.1. The fourth-order valence-electron chi connectivity index (χ4n) is 1.40. The summed E-state index contributed by atoms with van der Waals surface area (Å²) in [6.45, 7) is 0. The smallest absolute Gasteiger partial charge is 0.328 e. The molecular formula is C14H22O8. The first kappa shape index (κ1) is 21.9. The van der Waals surface area contributed by atoms with Gasteiger partial charge in [0.2, 0.25) is 0 Å². The topological polar surface area (TPSA) is 149 Å². The SMILES string of the molecule is O=C(O)/C=C\C(=O)O.O=C(O)CCCCCCCCC(=O)O. The van der Waals surface area contributed by atoms with Crippen LogP contribution in [0, 0.1) is 0 Å². The molecule has 0 amide bonds. The fourth-order valence-corrected chi connectivity index (χ4v) is 1.40. The van der Waals surface area contributed by atoms with E-state index < -0.39 is 23.9 Å². The number of hydrogen-bond acceptors (Lipinski definition) is 4. The molecule has 0 aromatic carbocycles. The average molecular weight is 318 g/mol. The van der Waals surface area contributed by atoms with Gasteiger partial charge < -0.3 is 20.4 Å². The molecule has 22 heavy (non-hydrogen) atoms. The lowest BCUT2D eigenvalue weighted by Gasteiger charge is -1.98. The summed E-state index contributed by atoms with van der Waals surface area (Å²) in [6.07, 6.45) is 6.94. The highest BCUT2D eigenvalue weighted by molar-refractivity contribution is 5.89. The van der Waals surface area contributed by atoms with Crippen molar-refractivity contribution >= 4 is 23.9 Å². The monoisotopic (exact) mass is 318 g/mol. The van der Waals surface area contributed by atoms with Crippen LogP contribution in [0.2, 0.25) is 0 Å². The van der Waals surface area contributed by atoms with Crippen molar-refractivity contribution in [2.75, 3.05) is 0 Å². The van der Waals surface area contributed by atoms with Crippen LogP contribution >= 0.6 is 0 Å². The zero-order valence-corrected chi connectivity index (χ0v) is 12.2. The number of carbonyl (C=O) groups is 4. The molecule has 4 N–H and O–H groups in total. The van der Waals surface area contributed by atoms with Gasteiger partial charge in [0.05, 0.1) is 0 Å². The first-order chi connectivity index (χ1) is 10.3. The summed E-state index contributed by atoms with van der Waals surface area (Å²) < 4.78 is 0. The zero-order chi connectivity index (χ0) is 17.4. The zero-order valence-electron chi connectivity index (χ0n) is 12.2. The lowest BCUT2D eigenvalue weighted by Crippen LogP contribution is -1.94. The Morgan fingerprint density at radius 2 is 0.818 bits per heavy atom. The molecule has 0 radical (unpaired) electrons. The van der Waals surface area contributed by atoms with Crippen LogP contribution in [0.4, 0.5) is 0 Å². The third kappa shape index (κ3) is 26.2. The summed E-state index contributed by atoms with van der Waals surface area (Å²) in [5.74, 6) is -3.99. The largest absolute Gasteiger partial charge is 0.481 e. The van der Waals surface area contributed by atoms with Gasteiger partial charge in [0.25, 0.3) is 0 Å². The van der Waals surface area contributed by atoms with Gasteiger partial charge in [0, 0.05) is 25.0 Å². The van der Waals surface area contributed by atoms with Crippen molar-refractivity contribution in [1.82, 2.24) is 0 Å². The van der Waals surface area contributed by atoms with Crippen molar-refractivity contribution in [3.63, 3.8) is 0 Å². The number of unbranched alkanes of at least 4 members (excludes halogenated alkanes) is 5. The maximum atomic E-state index is 10.1. The van der Waals surface area contributed by atoms with Crippen molar-refractivity contribution in [2.45, 2.75) is 51.4 Å². The highest BCUT2D eigenvalue weighted by Crippen LogP contribution is 2.08. The molecule has 0 fully saturated rings. The van der Waals surface area contributed by atoms with E-state index in [4.69, 9.17) is 20.4 Å². The van der Waals surface area contributed by atoms with Gasteiger partial charge in [-0.25, -0.2) is 9.59 Å². The lowest BCUT2D eigenvalue weighted by molar-refractivity contribution is -0.138. The molecule has 126 valence electrons. The van der Waals surface area contributed by atoms with Crippen LogP contribution in [0.1, 0.15) is 51.4 Å². The van der Waals surface area contributed by atoms with Gasteiger partial charge in [-0.1, -0.05) is 25.7 Å². The van der Waals surface area contributed by atoms with E-state index in [1.54, 1.807) is 0 Å². The molecule has 0 aromatic heterocycles. The Balaban J connectivity index is 0. The second kappa shape index (κ2) is 15.0. The molecule has 0 aliphatic rings. The highest BCUT2D eigenvalue weighted by Gasteiger charge is 1.98. The molecular weight excluding hydrogens is 296 g/mol. The first-order valence-electron chi connectivity index (χ1n) is 6.83. The van der Waals surface area contributed by atoms with Crippen LogP contribution < -0.4 is 0 Å². The molecule has 0 spiro atoms. The van der Waals surface area contributed by atoms with Crippen molar-refractivity contribution in [2.24, 2.45) is 0 Å². The molecule has 0 saturated heterocycles. The summed E-state index contributed by atoms with van der Waals surface area (Å²) in [7, 11) is 0. The molecule has 8 heteroatoms. The van der Waals surface area contributed by atoms with E-state index in [9.17, 15) is 19.2 Å². The Labute approximate surface area is 128 Å². The standard InChI is InChI=1S/C10H18O4.C4H4O4/c11-9(12)7-5-3-1-2-4-6-8-10(13)14;5-3(6)1-2-4(7)8/h1-8H2,(H,11,12)(H,13,14);1-2H,(H,5,6)(H,7,8)/b;2-1-. The van der Waals surface area contributed by atoms with Crippen molar-refractivity contribution in [3.05, 3.63) is 12.2 Å². The minimum absolute atomic E-state index is 0.245. The molecule has 0 rings (SSSR count). The Hall–Kier alpha value is -2.38. The number of rotatable bonds is 11. The lowest BCUT2D eigenvalue weighted by atomic mass is 10.1. The minimum atomic E-state index is -1.26. The fraction of sp³-hybridized carbons (Fsp3) is 0.571. The summed E-state index contributed by atoms with van der Waals surface area (Å²) in [6, 6.07) is 0. The van der Waals surface area contributed by atoms with Gasteiger partial charge in [-0.15, -0.1) is 0 Å². The van der Waals surface area contributed by atoms with E-state index >= 15 is 0 Å². The number of hydrogen-bond donors (Lipinski definition) is 4. The summed E-state index contributed by atoms with van der Waals surface area (Å²) in [5.41, 5.74) is 0. The Kier molecular flexibility index (Phi) is 15.0. The quantitative estimate of drug-likeness (QED) is 0.333. The second-order valence-corrected chi connectivity index (χ2v) is 4.42. The molecule has 0 heterocycles. The van der Waals surface area contributed by atoms with Gasteiger partial charge in [-0.05, 0) is 12.8 Å². The second-order valence-electron chi connectivity index (χ2n) is 4.42. The Bertz CT molecular complexity index is 350. The number of carboxylic acid groups (broad SMARTS) is 4. The van der Waals surface area contributed by atoms with Gasteiger partial charge in [-0.2, -0.15) is 0 Å². The summed E-state index contributed by atoms with van der Waals surface area (Å²) in [5, 5.41) is 32.3. The van der Waals surface area contributed by atoms with Crippen LogP contribution in [-0.4, -0.2) is 44.3 Å². The summed E-state index contributed by atoms with van der Waals surface area (Å²) in [4.78, 5) is 39.4. The highest BCUT2D eigenvalue weighted by atomic mass is 16.4. The van der Waals surface area contributed by atoms with Crippen LogP contribution in [0.5, 0.6) is 0 Å². The van der Waals surface area contributed by atoms with Crippen LogP contribution in [-0.2, 0) is 19.2 Å². The predicted octanol–water partition coefficient (Wildman–Crippen LogP) is 1.99. The van der Waals surface area contributed by atoms with E-state index in [-0.39, 0.29) is 12.8 Å². The maximum Gasteiger partial charge on any atom is 0.328 e. The third-order valence-electron chi connectivity index (χ3n) is 2.40. The molecule has 0 aliphatic carbocycles. The van der Waals surface area contributed by atoms with Gasteiger partial charge >= 0.3 is 23.9 Å². The van der Waals surface area contributed by atoms with E-state index in [1.807, 2.05) is 0 Å². The Morgan fingerprint density at radius 1 is 0.545 bits per heavy atom. The summed E-state index contributed by atoms with van der Waals surface area (Å²) >= 11 is 0. The van der Waals surface area contributed by atoms with Crippen LogP contribution in [0.3, 0.4) is 0 Å². The molecule has 0 saturated carbocycles. The molecule has 8 nitrogen and oxygen atoms in total. The van der Waals surface area contributed by atoms with Crippen LogP contribution in [0.15, 0.2) is 12.2 Å². The van der Waals surface area contributed by atoms with E-state index in [0.29, 0.717) is 12.2 Å². The van der Waals surface area contributed by atoms with Gasteiger partial charge in [0.1, 0.15) is 0 Å². The third-order valence-corrected chi connectivity index (χ3v) is 2.40. The average Bonchev–Trinajstić information content (AvgIpc) is 2.39. The molecule has 0 unspecified atom stereocenters. The van der Waals surface area contributed by atoms with Gasteiger partial charge in [0.15, 0.2) is 0 Å². The normalized spacial score (nSPS) is 9.82. The van der Waals surface area contributed by atoms with Gasteiger partial charge in [-0.3, -0.25) is 9.59 Å². The number of aliphatic carboxylic acids is 4. The van der Waals surface area contributed by atoms with E-state index in [0.717, 1.165) is 38.5 Å². The molecule has 0 aliphatic heterocycles. The van der Waals surface area contributed by atoms with E-state index in [1.165, 1.54) is 0 Å². The molecule has 0 atom stereocenters. The molecule has 0 bridgehead atoms. The Morgan fingerprint density at radius 3 is 1.05 bits per heavy atom.